The zero-order chi connectivity index (χ0) is 24.3. The van der Waals surface area contributed by atoms with E-state index in [-0.39, 0.29) is 4.90 Å². The number of aromatic nitrogens is 2. The number of aryl methyl sites for hydroxylation is 3. The molecule has 4 rings (SSSR count). The third kappa shape index (κ3) is 5.43. The quantitative estimate of drug-likeness (QED) is 0.488. The third-order valence-corrected chi connectivity index (χ3v) is 8.39. The van der Waals surface area contributed by atoms with Crippen molar-refractivity contribution in [3.05, 3.63) is 81.8 Å². The molecule has 0 radical (unpaired) electrons. The van der Waals surface area contributed by atoms with Crippen molar-refractivity contribution in [1.82, 2.24) is 14.3 Å². The highest BCUT2D eigenvalue weighted by atomic mass is 35.5. The number of halogens is 1. The topological polar surface area (TPSA) is 66.4 Å². The molecule has 0 bridgehead atoms. The molecule has 1 aliphatic heterocycles. The molecule has 1 fully saturated rings. The van der Waals surface area contributed by atoms with Gasteiger partial charge in [-0.05, 0) is 56.5 Å². The van der Waals surface area contributed by atoms with Crippen molar-refractivity contribution in [3.63, 3.8) is 0 Å². The maximum absolute atomic E-state index is 13.2. The van der Waals surface area contributed by atoms with Gasteiger partial charge in [-0.1, -0.05) is 48.4 Å². The molecular formula is C26H31ClN4O2S. The molecule has 0 spiro atoms. The van der Waals surface area contributed by atoms with Crippen LogP contribution < -0.4 is 4.90 Å². The molecule has 34 heavy (non-hydrogen) atoms. The predicted octanol–water partition coefficient (Wildman–Crippen LogP) is 4.80. The van der Waals surface area contributed by atoms with Gasteiger partial charge in [-0.3, -0.25) is 0 Å². The van der Waals surface area contributed by atoms with E-state index in [9.17, 15) is 8.42 Å². The fourth-order valence-corrected chi connectivity index (χ4v) is 5.98. The molecule has 1 saturated heterocycles. The van der Waals surface area contributed by atoms with E-state index in [2.05, 4.69) is 43.0 Å². The van der Waals surface area contributed by atoms with Crippen molar-refractivity contribution < 1.29 is 8.42 Å². The molecule has 0 unspecified atom stereocenters. The number of rotatable bonds is 6. The van der Waals surface area contributed by atoms with Crippen LogP contribution in [0.2, 0.25) is 5.02 Å². The Balaban J connectivity index is 1.61. The summed E-state index contributed by atoms with van der Waals surface area (Å²) in [5, 5.41) is 0.521. The first kappa shape index (κ1) is 24.6. The van der Waals surface area contributed by atoms with Crippen molar-refractivity contribution in [2.75, 3.05) is 31.1 Å². The Morgan fingerprint density at radius 1 is 0.912 bits per heavy atom. The van der Waals surface area contributed by atoms with Crippen LogP contribution in [0.3, 0.4) is 0 Å². The highest BCUT2D eigenvalue weighted by molar-refractivity contribution is 7.89. The molecule has 1 aliphatic rings. The zero-order valence-electron chi connectivity index (χ0n) is 20.0. The minimum absolute atomic E-state index is 0.275. The summed E-state index contributed by atoms with van der Waals surface area (Å²) in [5.41, 5.74) is 4.63. The third-order valence-electron chi connectivity index (χ3n) is 6.22. The molecule has 0 saturated carbocycles. The van der Waals surface area contributed by atoms with Crippen molar-refractivity contribution in [2.24, 2.45) is 0 Å². The van der Waals surface area contributed by atoms with Crippen LogP contribution in [0.1, 0.15) is 41.6 Å². The van der Waals surface area contributed by atoms with Gasteiger partial charge in [0.1, 0.15) is 11.6 Å². The Morgan fingerprint density at radius 2 is 1.62 bits per heavy atom. The van der Waals surface area contributed by atoms with E-state index in [1.807, 2.05) is 6.92 Å². The summed E-state index contributed by atoms with van der Waals surface area (Å²) in [6, 6.07) is 14.9. The highest BCUT2D eigenvalue weighted by Crippen LogP contribution is 2.27. The first-order valence-electron chi connectivity index (χ1n) is 11.7. The predicted molar refractivity (Wildman–Crippen MR) is 137 cm³/mol. The lowest BCUT2D eigenvalue weighted by Gasteiger charge is -2.26. The SMILES string of the molecule is CCc1nc(C)nc(N2CCCN(S(=O)(=O)c3ccc(Cl)cc3)CC2)c1Cc1ccc(C)cc1. The molecule has 0 aliphatic carbocycles. The Hall–Kier alpha value is -2.48. The second-order valence-corrected chi connectivity index (χ2v) is 11.1. The Bertz CT molecular complexity index is 1250. The summed E-state index contributed by atoms with van der Waals surface area (Å²) >= 11 is 5.95. The lowest BCUT2D eigenvalue weighted by Crippen LogP contribution is -2.35. The maximum atomic E-state index is 13.2. The lowest BCUT2D eigenvalue weighted by molar-refractivity contribution is 0.433. The first-order valence-corrected chi connectivity index (χ1v) is 13.5. The number of hydrogen-bond acceptors (Lipinski definition) is 5. The molecule has 0 N–H and O–H groups in total. The van der Waals surface area contributed by atoms with Crippen LogP contribution in [-0.2, 0) is 22.9 Å². The van der Waals surface area contributed by atoms with Crippen LogP contribution in [0.15, 0.2) is 53.4 Å². The highest BCUT2D eigenvalue weighted by Gasteiger charge is 2.28. The van der Waals surface area contributed by atoms with Crippen LogP contribution in [0.25, 0.3) is 0 Å². The number of hydrogen-bond donors (Lipinski definition) is 0. The van der Waals surface area contributed by atoms with Crippen LogP contribution >= 0.6 is 11.6 Å². The number of anilines is 1. The van der Waals surface area contributed by atoms with Crippen molar-refractivity contribution in [3.8, 4) is 0 Å². The normalized spacial score (nSPS) is 15.4. The molecule has 2 heterocycles. The fourth-order valence-electron chi connectivity index (χ4n) is 4.38. The molecular weight excluding hydrogens is 468 g/mol. The van der Waals surface area contributed by atoms with Gasteiger partial charge in [0.2, 0.25) is 10.0 Å². The number of nitrogens with zero attached hydrogens (tertiary/aromatic N) is 4. The van der Waals surface area contributed by atoms with Gasteiger partial charge in [-0.2, -0.15) is 4.31 Å². The van der Waals surface area contributed by atoms with Gasteiger partial charge in [0.25, 0.3) is 0 Å². The van der Waals surface area contributed by atoms with Crippen molar-refractivity contribution in [2.45, 2.75) is 44.9 Å². The summed E-state index contributed by atoms with van der Waals surface area (Å²) in [4.78, 5) is 12.1. The number of sulfonamides is 1. The smallest absolute Gasteiger partial charge is 0.243 e. The monoisotopic (exact) mass is 498 g/mol. The van der Waals surface area contributed by atoms with Crippen LogP contribution in [0, 0.1) is 13.8 Å². The molecule has 1 aromatic heterocycles. The summed E-state index contributed by atoms with van der Waals surface area (Å²) in [7, 11) is -3.58. The van der Waals surface area contributed by atoms with Gasteiger partial charge in [-0.15, -0.1) is 0 Å². The van der Waals surface area contributed by atoms with Gasteiger partial charge in [0.05, 0.1) is 4.90 Å². The van der Waals surface area contributed by atoms with E-state index < -0.39 is 10.0 Å². The molecule has 2 aromatic carbocycles. The fraction of sp³-hybridized carbons (Fsp3) is 0.385. The molecule has 8 heteroatoms. The zero-order valence-corrected chi connectivity index (χ0v) is 21.5. The number of benzene rings is 2. The Morgan fingerprint density at radius 3 is 2.29 bits per heavy atom. The lowest BCUT2D eigenvalue weighted by atomic mass is 10.0. The van der Waals surface area contributed by atoms with Crippen LogP contribution in [0.4, 0.5) is 5.82 Å². The standard InChI is InChI=1S/C26H31ClN4O2S/c1-4-25-24(18-21-8-6-19(2)7-9-21)26(29-20(3)28-25)30-14-5-15-31(17-16-30)34(32,33)23-12-10-22(27)11-13-23/h6-13H,4-5,14-18H2,1-3H3. The summed E-state index contributed by atoms with van der Waals surface area (Å²) in [5.74, 6) is 1.67. The summed E-state index contributed by atoms with van der Waals surface area (Å²) in [6.45, 7) is 8.32. The van der Waals surface area contributed by atoms with Crippen LogP contribution in [-0.4, -0.2) is 48.9 Å². The van der Waals surface area contributed by atoms with E-state index >= 15 is 0 Å². The van der Waals surface area contributed by atoms with E-state index in [0.29, 0.717) is 24.7 Å². The minimum Gasteiger partial charge on any atom is -0.355 e. The molecule has 3 aromatic rings. The summed E-state index contributed by atoms with van der Waals surface area (Å²) < 4.78 is 28.0. The average Bonchev–Trinajstić information content (AvgIpc) is 3.08. The van der Waals surface area contributed by atoms with Gasteiger partial charge in [0, 0.05) is 48.9 Å². The van der Waals surface area contributed by atoms with Gasteiger partial charge >= 0.3 is 0 Å². The molecule has 0 atom stereocenters. The van der Waals surface area contributed by atoms with Crippen molar-refractivity contribution in [1.29, 1.82) is 0 Å². The van der Waals surface area contributed by atoms with E-state index in [0.717, 1.165) is 48.7 Å². The Labute approximate surface area is 207 Å². The van der Waals surface area contributed by atoms with Crippen LogP contribution in [0.5, 0.6) is 0 Å². The average molecular weight is 499 g/mol. The second kappa shape index (κ2) is 10.4. The minimum atomic E-state index is -3.58. The van der Waals surface area contributed by atoms with Gasteiger partial charge in [0.15, 0.2) is 0 Å². The maximum Gasteiger partial charge on any atom is 0.243 e. The van der Waals surface area contributed by atoms with E-state index in [1.165, 1.54) is 11.1 Å². The molecule has 0 amide bonds. The van der Waals surface area contributed by atoms with Crippen molar-refractivity contribution >= 4 is 27.4 Å². The molecule has 180 valence electrons. The largest absolute Gasteiger partial charge is 0.355 e. The second-order valence-electron chi connectivity index (χ2n) is 8.73. The van der Waals surface area contributed by atoms with Gasteiger partial charge in [-0.25, -0.2) is 18.4 Å². The van der Waals surface area contributed by atoms with E-state index in [1.54, 1.807) is 28.6 Å². The Kier molecular flexibility index (Phi) is 7.55. The molecule has 6 nitrogen and oxygen atoms in total. The summed E-state index contributed by atoms with van der Waals surface area (Å²) in [6.07, 6.45) is 2.30. The van der Waals surface area contributed by atoms with E-state index in [4.69, 9.17) is 21.6 Å². The first-order chi connectivity index (χ1) is 16.3. The van der Waals surface area contributed by atoms with Gasteiger partial charge < -0.3 is 4.90 Å².